The Bertz CT molecular complexity index is 585. The predicted molar refractivity (Wildman–Crippen MR) is 109 cm³/mol. The highest BCUT2D eigenvalue weighted by Crippen LogP contribution is 2.18. The summed E-state index contributed by atoms with van der Waals surface area (Å²) in [5.41, 5.74) is 1.10. The van der Waals surface area contributed by atoms with E-state index in [1.54, 1.807) is 21.2 Å². The molecule has 7 nitrogen and oxygen atoms in total. The Morgan fingerprint density at radius 3 is 2.41 bits per heavy atom. The minimum absolute atomic E-state index is 0.0207. The molecule has 0 spiro atoms. The van der Waals surface area contributed by atoms with Crippen molar-refractivity contribution in [3.8, 4) is 5.75 Å². The summed E-state index contributed by atoms with van der Waals surface area (Å²) in [5.74, 6) is 1.88. The third kappa shape index (κ3) is 9.28. The number of ether oxygens (including phenoxy) is 2. The first-order valence-electron chi connectivity index (χ1n) is 9.30. The third-order valence-corrected chi connectivity index (χ3v) is 3.79. The first-order chi connectivity index (χ1) is 12.8. The maximum atomic E-state index is 11.8. The Hall–Kier alpha value is -2.28. The number of benzene rings is 1. The molecule has 2 N–H and O–H groups in total. The number of methoxy groups -OCH3 is 1. The number of likely N-dealkylation sites (N-methyl/N-ethyl adjacent to an activating group) is 1. The highest BCUT2D eigenvalue weighted by Gasteiger charge is 2.10. The summed E-state index contributed by atoms with van der Waals surface area (Å²) in [6, 6.07) is 8.03. The Balaban J connectivity index is 2.71. The molecule has 0 heterocycles. The van der Waals surface area contributed by atoms with E-state index in [1.165, 1.54) is 4.90 Å². The molecule has 0 saturated heterocycles. The number of carbonyl (C=O) groups is 1. The van der Waals surface area contributed by atoms with Crippen molar-refractivity contribution in [3.05, 3.63) is 29.8 Å². The van der Waals surface area contributed by atoms with Gasteiger partial charge >= 0.3 is 0 Å². The number of aliphatic imine (C=N–C) groups is 1. The van der Waals surface area contributed by atoms with Crippen LogP contribution in [0.4, 0.5) is 0 Å². The smallest absolute Gasteiger partial charge is 0.243 e. The summed E-state index contributed by atoms with van der Waals surface area (Å²) in [7, 11) is 5.08. The van der Waals surface area contributed by atoms with E-state index in [0.717, 1.165) is 11.3 Å². The molecule has 27 heavy (non-hydrogen) atoms. The second kappa shape index (κ2) is 12.2. The maximum absolute atomic E-state index is 11.8. The molecule has 0 aliphatic heterocycles. The summed E-state index contributed by atoms with van der Waals surface area (Å²) in [6.07, 6.45) is 0. The molecule has 0 saturated carbocycles. The standard InChI is InChI=1S/C20H34N4O3/c1-15(2)14-27-18-9-7-17(8-10-18)16(3)23-20(21-11-12-26-6)22-13-19(25)24(4)5/h7-10,15-16H,11-14H2,1-6H3,(H2,21,22,23). The fourth-order valence-corrected chi connectivity index (χ4v) is 2.12. The molecule has 1 amide bonds. The lowest BCUT2D eigenvalue weighted by Gasteiger charge is -2.19. The Morgan fingerprint density at radius 1 is 1.19 bits per heavy atom. The molecule has 1 rings (SSSR count). The molecular weight excluding hydrogens is 344 g/mol. The third-order valence-electron chi connectivity index (χ3n) is 3.79. The number of amides is 1. The number of guanidine groups is 1. The Kier molecular flexibility index (Phi) is 10.3. The summed E-state index contributed by atoms with van der Waals surface area (Å²) < 4.78 is 10.8. The second-order valence-electron chi connectivity index (χ2n) is 7.01. The fourth-order valence-electron chi connectivity index (χ4n) is 2.12. The number of hydrogen-bond donors (Lipinski definition) is 2. The maximum Gasteiger partial charge on any atom is 0.243 e. The molecule has 0 radical (unpaired) electrons. The van der Waals surface area contributed by atoms with Crippen LogP contribution in [0.3, 0.4) is 0 Å². The van der Waals surface area contributed by atoms with E-state index in [2.05, 4.69) is 29.5 Å². The van der Waals surface area contributed by atoms with Crippen molar-refractivity contribution < 1.29 is 14.3 Å². The number of nitrogens with one attached hydrogen (secondary N) is 2. The number of rotatable bonds is 10. The summed E-state index contributed by atoms with van der Waals surface area (Å²) in [4.78, 5) is 17.7. The van der Waals surface area contributed by atoms with Gasteiger partial charge < -0.3 is 25.0 Å². The van der Waals surface area contributed by atoms with Crippen LogP contribution in [0.15, 0.2) is 29.3 Å². The van der Waals surface area contributed by atoms with Crippen molar-refractivity contribution in [1.29, 1.82) is 0 Å². The van der Waals surface area contributed by atoms with Crippen LogP contribution in [-0.4, -0.2) is 64.3 Å². The van der Waals surface area contributed by atoms with Crippen molar-refractivity contribution in [2.24, 2.45) is 10.9 Å². The SMILES string of the molecule is COCCNC(=NCC(=O)N(C)C)NC(C)c1ccc(OCC(C)C)cc1. The van der Waals surface area contributed by atoms with Gasteiger partial charge in [-0.15, -0.1) is 0 Å². The van der Waals surface area contributed by atoms with E-state index in [1.807, 2.05) is 31.2 Å². The molecule has 1 unspecified atom stereocenters. The van der Waals surface area contributed by atoms with Crippen LogP contribution in [0.1, 0.15) is 32.4 Å². The highest BCUT2D eigenvalue weighted by atomic mass is 16.5. The van der Waals surface area contributed by atoms with E-state index < -0.39 is 0 Å². The van der Waals surface area contributed by atoms with Crippen molar-refractivity contribution in [2.45, 2.75) is 26.8 Å². The lowest BCUT2D eigenvalue weighted by Crippen LogP contribution is -2.41. The van der Waals surface area contributed by atoms with Gasteiger partial charge in [-0.2, -0.15) is 0 Å². The van der Waals surface area contributed by atoms with Gasteiger partial charge in [-0.1, -0.05) is 26.0 Å². The van der Waals surface area contributed by atoms with Crippen LogP contribution in [0.25, 0.3) is 0 Å². The Morgan fingerprint density at radius 2 is 1.85 bits per heavy atom. The van der Waals surface area contributed by atoms with Gasteiger partial charge in [0.2, 0.25) is 5.91 Å². The lowest BCUT2D eigenvalue weighted by atomic mass is 10.1. The van der Waals surface area contributed by atoms with E-state index in [9.17, 15) is 4.79 Å². The van der Waals surface area contributed by atoms with E-state index >= 15 is 0 Å². The monoisotopic (exact) mass is 378 g/mol. The van der Waals surface area contributed by atoms with Gasteiger partial charge in [-0.05, 0) is 30.5 Å². The van der Waals surface area contributed by atoms with Crippen LogP contribution < -0.4 is 15.4 Å². The van der Waals surface area contributed by atoms with Crippen molar-refractivity contribution in [2.75, 3.05) is 47.5 Å². The first-order valence-corrected chi connectivity index (χ1v) is 9.30. The molecule has 152 valence electrons. The molecule has 0 aromatic heterocycles. The molecule has 0 fully saturated rings. The minimum atomic E-state index is -0.0536. The fraction of sp³-hybridized carbons (Fsp3) is 0.600. The highest BCUT2D eigenvalue weighted by molar-refractivity contribution is 5.85. The van der Waals surface area contributed by atoms with Gasteiger partial charge in [-0.25, -0.2) is 4.99 Å². The largest absolute Gasteiger partial charge is 0.493 e. The minimum Gasteiger partial charge on any atom is -0.493 e. The van der Waals surface area contributed by atoms with Crippen LogP contribution in [0.5, 0.6) is 5.75 Å². The summed E-state index contributed by atoms with van der Waals surface area (Å²) in [6.45, 7) is 8.24. The molecule has 1 aromatic carbocycles. The number of hydrogen-bond acceptors (Lipinski definition) is 4. The van der Waals surface area contributed by atoms with Crippen LogP contribution in [0.2, 0.25) is 0 Å². The predicted octanol–water partition coefficient (Wildman–Crippen LogP) is 2.05. The summed E-state index contributed by atoms with van der Waals surface area (Å²) in [5, 5.41) is 6.51. The first kappa shape index (κ1) is 22.8. The summed E-state index contributed by atoms with van der Waals surface area (Å²) >= 11 is 0. The number of nitrogens with zero attached hydrogens (tertiary/aromatic N) is 2. The average molecular weight is 379 g/mol. The molecule has 0 bridgehead atoms. The second-order valence-corrected chi connectivity index (χ2v) is 7.01. The topological polar surface area (TPSA) is 75.2 Å². The van der Waals surface area contributed by atoms with Gasteiger partial charge in [0.05, 0.1) is 19.3 Å². The zero-order valence-electron chi connectivity index (χ0n) is 17.4. The van der Waals surface area contributed by atoms with E-state index in [-0.39, 0.29) is 18.5 Å². The van der Waals surface area contributed by atoms with Gasteiger partial charge in [0, 0.05) is 27.7 Å². The van der Waals surface area contributed by atoms with Crippen molar-refractivity contribution in [1.82, 2.24) is 15.5 Å². The van der Waals surface area contributed by atoms with Gasteiger partial charge in [0.25, 0.3) is 0 Å². The lowest BCUT2D eigenvalue weighted by molar-refractivity contribution is -0.127. The van der Waals surface area contributed by atoms with Crippen LogP contribution in [0, 0.1) is 5.92 Å². The van der Waals surface area contributed by atoms with Gasteiger partial charge in [0.1, 0.15) is 12.3 Å². The zero-order chi connectivity index (χ0) is 20.2. The van der Waals surface area contributed by atoms with Crippen LogP contribution in [-0.2, 0) is 9.53 Å². The molecule has 7 heteroatoms. The van der Waals surface area contributed by atoms with E-state index in [4.69, 9.17) is 9.47 Å². The van der Waals surface area contributed by atoms with E-state index in [0.29, 0.717) is 31.6 Å². The van der Waals surface area contributed by atoms with Gasteiger partial charge in [-0.3, -0.25) is 4.79 Å². The quantitative estimate of drug-likeness (QED) is 0.370. The molecular formula is C20H34N4O3. The molecule has 1 atom stereocenters. The molecule has 0 aliphatic rings. The van der Waals surface area contributed by atoms with Crippen molar-refractivity contribution in [3.63, 3.8) is 0 Å². The number of carbonyl (C=O) groups excluding carboxylic acids is 1. The zero-order valence-corrected chi connectivity index (χ0v) is 17.4. The average Bonchev–Trinajstić information content (AvgIpc) is 2.64. The van der Waals surface area contributed by atoms with Crippen LogP contribution >= 0.6 is 0 Å². The van der Waals surface area contributed by atoms with Crippen molar-refractivity contribution >= 4 is 11.9 Å². The Labute approximate surface area is 163 Å². The van der Waals surface area contributed by atoms with Gasteiger partial charge in [0.15, 0.2) is 5.96 Å². The normalized spacial score (nSPS) is 12.6. The molecule has 1 aromatic rings. The molecule has 0 aliphatic carbocycles.